The topological polar surface area (TPSA) is 0 Å². The van der Waals surface area contributed by atoms with Crippen LogP contribution in [0.15, 0.2) is 22.7 Å². The van der Waals surface area contributed by atoms with Gasteiger partial charge in [0.05, 0.1) is 5.02 Å². The second-order valence-electron chi connectivity index (χ2n) is 1.56. The van der Waals surface area contributed by atoms with E-state index in [1.54, 1.807) is 6.07 Å². The summed E-state index contributed by atoms with van der Waals surface area (Å²) in [6.07, 6.45) is 0. The molecule has 0 atom stereocenters. The largest absolute Gasteiger partial charge is 0.316 e. The van der Waals surface area contributed by atoms with Crippen molar-refractivity contribution in [2.45, 2.75) is 0 Å². The highest BCUT2D eigenvalue weighted by Crippen LogP contribution is 2.19. The SMILES string of the molecule is Fc1ccc(Br)cc1Cl.[MgH2]. The zero-order valence-electron chi connectivity index (χ0n) is 4.37. The highest BCUT2D eigenvalue weighted by Gasteiger charge is 1.96. The molecule has 0 amide bonds. The number of rotatable bonds is 0. The molecule has 0 aliphatic carbocycles. The van der Waals surface area contributed by atoms with Crippen LogP contribution in [0.4, 0.5) is 4.39 Å². The molecule has 1 aromatic rings. The fourth-order valence-electron chi connectivity index (χ4n) is 0.470. The highest BCUT2D eigenvalue weighted by molar-refractivity contribution is 9.10. The predicted octanol–water partition coefficient (Wildman–Crippen LogP) is 2.33. The van der Waals surface area contributed by atoms with Crippen molar-refractivity contribution in [2.24, 2.45) is 0 Å². The molecule has 1 aromatic carbocycles. The Morgan fingerprint density at radius 1 is 1.40 bits per heavy atom. The van der Waals surface area contributed by atoms with E-state index in [0.717, 1.165) is 4.47 Å². The summed E-state index contributed by atoms with van der Waals surface area (Å²) in [4.78, 5) is 0. The summed E-state index contributed by atoms with van der Waals surface area (Å²) in [6, 6.07) is 4.42. The monoisotopic (exact) mass is 234 g/mol. The van der Waals surface area contributed by atoms with Crippen LogP contribution in [0.5, 0.6) is 0 Å². The Morgan fingerprint density at radius 2 is 2.00 bits per heavy atom. The normalized spacial score (nSPS) is 8.70. The zero-order valence-corrected chi connectivity index (χ0v) is 6.71. The van der Waals surface area contributed by atoms with Gasteiger partial charge in [-0.1, -0.05) is 27.5 Å². The van der Waals surface area contributed by atoms with Gasteiger partial charge >= 0.3 is 23.1 Å². The highest BCUT2D eigenvalue weighted by atomic mass is 79.9. The lowest BCUT2D eigenvalue weighted by Crippen LogP contribution is -1.73. The third-order valence-electron chi connectivity index (χ3n) is 0.882. The molecule has 0 aromatic heterocycles. The first-order valence-corrected chi connectivity index (χ1v) is 3.48. The van der Waals surface area contributed by atoms with Crippen LogP contribution in [0.25, 0.3) is 0 Å². The zero-order chi connectivity index (χ0) is 6.85. The average molecular weight is 236 g/mol. The van der Waals surface area contributed by atoms with Crippen molar-refractivity contribution in [2.75, 3.05) is 0 Å². The van der Waals surface area contributed by atoms with Crippen LogP contribution in [0, 0.1) is 5.82 Å². The summed E-state index contributed by atoms with van der Waals surface area (Å²) in [7, 11) is 0. The van der Waals surface area contributed by atoms with E-state index in [1.165, 1.54) is 12.1 Å². The van der Waals surface area contributed by atoms with E-state index in [-0.39, 0.29) is 33.9 Å². The van der Waals surface area contributed by atoms with Crippen LogP contribution in [0.1, 0.15) is 0 Å². The van der Waals surface area contributed by atoms with E-state index in [1.807, 2.05) is 0 Å². The number of halogens is 3. The van der Waals surface area contributed by atoms with E-state index in [0.29, 0.717) is 0 Å². The minimum atomic E-state index is -0.389. The standard InChI is InChI=1S/C6H3BrClF.Mg.2H/c7-4-1-2-6(9)5(8)3-4;;;/h1-3H;;;. The van der Waals surface area contributed by atoms with Crippen LogP contribution in [0.2, 0.25) is 5.02 Å². The first-order chi connectivity index (χ1) is 4.20. The van der Waals surface area contributed by atoms with Gasteiger partial charge in [0.15, 0.2) is 0 Å². The maximum atomic E-state index is 12.3. The van der Waals surface area contributed by atoms with Crippen molar-refractivity contribution in [3.8, 4) is 0 Å². The smallest absolute Gasteiger partial charge is 0.205 e. The second-order valence-corrected chi connectivity index (χ2v) is 2.88. The molecule has 0 unspecified atom stereocenters. The summed E-state index contributed by atoms with van der Waals surface area (Å²) in [5.74, 6) is -0.389. The van der Waals surface area contributed by atoms with Crippen molar-refractivity contribution in [3.63, 3.8) is 0 Å². The second kappa shape index (κ2) is 4.54. The molecule has 0 saturated heterocycles. The summed E-state index contributed by atoms with van der Waals surface area (Å²) in [5, 5.41) is 0.143. The van der Waals surface area contributed by atoms with Crippen LogP contribution in [-0.2, 0) is 0 Å². The van der Waals surface area contributed by atoms with Gasteiger partial charge in [0, 0.05) is 4.47 Å². The summed E-state index contributed by atoms with van der Waals surface area (Å²) in [5.41, 5.74) is 0. The average Bonchev–Trinajstić information content (AvgIpc) is 1.80. The van der Waals surface area contributed by atoms with Gasteiger partial charge in [-0.15, -0.1) is 0 Å². The van der Waals surface area contributed by atoms with Crippen molar-refractivity contribution in [3.05, 3.63) is 33.5 Å². The van der Waals surface area contributed by atoms with E-state index >= 15 is 0 Å². The molecular weight excluding hydrogens is 231 g/mol. The van der Waals surface area contributed by atoms with E-state index in [9.17, 15) is 4.39 Å². The Labute approximate surface area is 88.0 Å². The fraction of sp³-hybridized carbons (Fsp3) is 0. The number of hydrogen-bond donors (Lipinski definition) is 0. The number of hydrogen-bond acceptors (Lipinski definition) is 0. The molecule has 0 bridgehead atoms. The molecule has 4 heteroatoms. The Bertz CT molecular complexity index is 229. The molecule has 0 radical (unpaired) electrons. The van der Waals surface area contributed by atoms with Gasteiger partial charge in [0.2, 0.25) is 0 Å². The first-order valence-electron chi connectivity index (χ1n) is 2.30. The summed E-state index contributed by atoms with van der Waals surface area (Å²) in [6.45, 7) is 0. The lowest BCUT2D eigenvalue weighted by Gasteiger charge is -1.91. The molecule has 0 nitrogen and oxygen atoms in total. The van der Waals surface area contributed by atoms with Crippen LogP contribution >= 0.6 is 27.5 Å². The lowest BCUT2D eigenvalue weighted by molar-refractivity contribution is 0.628. The van der Waals surface area contributed by atoms with E-state index < -0.39 is 0 Å². The minimum Gasteiger partial charge on any atom is -0.205 e. The molecule has 0 spiro atoms. The Kier molecular flexibility index (Phi) is 4.85. The molecule has 0 N–H and O–H groups in total. The van der Waals surface area contributed by atoms with Gasteiger partial charge in [-0.3, -0.25) is 0 Å². The van der Waals surface area contributed by atoms with Crippen LogP contribution < -0.4 is 0 Å². The van der Waals surface area contributed by atoms with Gasteiger partial charge < -0.3 is 0 Å². The summed E-state index contributed by atoms with van der Waals surface area (Å²) < 4.78 is 13.1. The third kappa shape index (κ3) is 2.74. The molecule has 0 aliphatic heterocycles. The molecular formula is C6H5BrClFMg. The van der Waals surface area contributed by atoms with Gasteiger partial charge in [-0.2, -0.15) is 0 Å². The molecule has 0 fully saturated rings. The van der Waals surface area contributed by atoms with Crippen molar-refractivity contribution in [1.29, 1.82) is 0 Å². The molecule has 0 heterocycles. The quantitative estimate of drug-likeness (QED) is 0.478. The van der Waals surface area contributed by atoms with E-state index in [4.69, 9.17) is 11.6 Å². The van der Waals surface area contributed by atoms with Crippen LogP contribution in [-0.4, -0.2) is 23.1 Å². The fourth-order valence-corrected chi connectivity index (χ4v) is 1.14. The Hall–Kier alpha value is 0.686. The molecule has 0 aliphatic rings. The molecule has 10 heavy (non-hydrogen) atoms. The molecule has 52 valence electrons. The van der Waals surface area contributed by atoms with E-state index in [2.05, 4.69) is 15.9 Å². The third-order valence-corrected chi connectivity index (χ3v) is 1.66. The number of benzene rings is 1. The van der Waals surface area contributed by atoms with Gasteiger partial charge in [-0.25, -0.2) is 4.39 Å². The van der Waals surface area contributed by atoms with Gasteiger partial charge in [0.25, 0.3) is 0 Å². The van der Waals surface area contributed by atoms with Gasteiger partial charge in [0.1, 0.15) is 5.82 Å². The minimum absolute atomic E-state index is 0. The summed E-state index contributed by atoms with van der Waals surface area (Å²) >= 11 is 8.55. The predicted molar refractivity (Wildman–Crippen MR) is 47.7 cm³/mol. The Morgan fingerprint density at radius 3 is 2.40 bits per heavy atom. The lowest BCUT2D eigenvalue weighted by atomic mass is 10.3. The van der Waals surface area contributed by atoms with Crippen molar-refractivity contribution in [1.82, 2.24) is 0 Å². The maximum absolute atomic E-state index is 12.3. The Balaban J connectivity index is 0.000000810. The molecule has 1 rings (SSSR count). The van der Waals surface area contributed by atoms with Crippen molar-refractivity contribution < 1.29 is 4.39 Å². The van der Waals surface area contributed by atoms with Gasteiger partial charge in [-0.05, 0) is 18.2 Å². The first kappa shape index (κ1) is 10.7. The van der Waals surface area contributed by atoms with Crippen LogP contribution in [0.3, 0.4) is 0 Å². The molecule has 0 saturated carbocycles. The van der Waals surface area contributed by atoms with Crippen molar-refractivity contribution >= 4 is 50.6 Å². The maximum Gasteiger partial charge on any atom is 0.316 e.